The van der Waals surface area contributed by atoms with Gasteiger partial charge in [0, 0.05) is 17.4 Å². The normalized spacial score (nSPS) is 15.9. The second-order valence-corrected chi connectivity index (χ2v) is 5.10. The van der Waals surface area contributed by atoms with Crippen molar-refractivity contribution in [3.05, 3.63) is 22.1 Å². The zero-order chi connectivity index (χ0) is 13.1. The van der Waals surface area contributed by atoms with Crippen LogP contribution in [0.1, 0.15) is 32.2 Å². The molecule has 1 aliphatic carbocycles. The number of hydrogen-bond acceptors (Lipinski definition) is 4. The minimum atomic E-state index is -0.889. The Morgan fingerprint density at radius 1 is 1.67 bits per heavy atom. The van der Waals surface area contributed by atoms with Gasteiger partial charge in [0.25, 0.3) is 0 Å². The van der Waals surface area contributed by atoms with Crippen LogP contribution >= 0.6 is 11.8 Å². The summed E-state index contributed by atoms with van der Waals surface area (Å²) in [5.74, 6) is -0.383. The molecule has 1 aliphatic rings. The molecule has 1 aromatic rings. The average molecular weight is 269 g/mol. The van der Waals surface area contributed by atoms with Gasteiger partial charge in [-0.1, -0.05) is 24.8 Å². The molecule has 1 saturated carbocycles. The molecule has 1 aromatic heterocycles. The summed E-state index contributed by atoms with van der Waals surface area (Å²) >= 11 is 1.38. The standard InChI is InChI=1S/C11H15N3O3S/c1-2-7(9(15)16)5-6-18-11-13-12-10(17)14(11)8-3-4-8/h5,8H,2-4,6H2,1H3,(H,12,17)(H,15,16). The van der Waals surface area contributed by atoms with Gasteiger partial charge < -0.3 is 5.11 Å². The Morgan fingerprint density at radius 2 is 2.39 bits per heavy atom. The molecule has 0 saturated heterocycles. The van der Waals surface area contributed by atoms with E-state index >= 15 is 0 Å². The summed E-state index contributed by atoms with van der Waals surface area (Å²) < 4.78 is 1.66. The van der Waals surface area contributed by atoms with Crippen molar-refractivity contribution in [3.8, 4) is 0 Å². The van der Waals surface area contributed by atoms with Crippen molar-refractivity contribution in [2.45, 2.75) is 37.4 Å². The van der Waals surface area contributed by atoms with Gasteiger partial charge in [-0.05, 0) is 19.3 Å². The van der Waals surface area contributed by atoms with Crippen molar-refractivity contribution in [2.75, 3.05) is 5.75 Å². The van der Waals surface area contributed by atoms with E-state index in [1.54, 1.807) is 17.6 Å². The number of thioether (sulfide) groups is 1. The van der Waals surface area contributed by atoms with E-state index in [1.165, 1.54) is 11.8 Å². The highest BCUT2D eigenvalue weighted by atomic mass is 32.2. The quantitative estimate of drug-likeness (QED) is 0.602. The van der Waals surface area contributed by atoms with Gasteiger partial charge in [-0.3, -0.25) is 4.57 Å². The largest absolute Gasteiger partial charge is 0.478 e. The molecule has 18 heavy (non-hydrogen) atoms. The van der Waals surface area contributed by atoms with Crippen molar-refractivity contribution in [3.63, 3.8) is 0 Å². The number of H-pyrrole nitrogens is 1. The van der Waals surface area contributed by atoms with E-state index in [4.69, 9.17) is 5.11 Å². The van der Waals surface area contributed by atoms with Gasteiger partial charge in [-0.15, -0.1) is 5.10 Å². The number of carbonyl (C=O) groups is 1. The summed E-state index contributed by atoms with van der Waals surface area (Å²) in [4.78, 5) is 22.3. The summed E-state index contributed by atoms with van der Waals surface area (Å²) in [6.45, 7) is 1.80. The molecule has 6 nitrogen and oxygen atoms in total. The van der Waals surface area contributed by atoms with Gasteiger partial charge in [0.2, 0.25) is 0 Å². The highest BCUT2D eigenvalue weighted by Crippen LogP contribution is 2.36. The SMILES string of the molecule is CCC(=CCSc1n[nH]c(=O)n1C1CC1)C(=O)O. The van der Waals surface area contributed by atoms with Crippen LogP contribution in [0.4, 0.5) is 0 Å². The summed E-state index contributed by atoms with van der Waals surface area (Å²) in [6, 6.07) is 0.271. The fraction of sp³-hybridized carbons (Fsp3) is 0.545. The van der Waals surface area contributed by atoms with Crippen molar-refractivity contribution in [1.29, 1.82) is 0 Å². The molecule has 0 unspecified atom stereocenters. The predicted octanol–water partition coefficient (Wildman–Crippen LogP) is 1.42. The maximum Gasteiger partial charge on any atom is 0.344 e. The maximum atomic E-state index is 11.5. The first kappa shape index (κ1) is 12.9. The molecule has 0 spiro atoms. The van der Waals surface area contributed by atoms with Crippen LogP contribution in [-0.2, 0) is 4.79 Å². The number of hydrogen-bond donors (Lipinski definition) is 2. The molecular weight excluding hydrogens is 254 g/mol. The molecule has 98 valence electrons. The number of aromatic amines is 1. The second kappa shape index (κ2) is 5.43. The Labute approximate surface area is 108 Å². The van der Waals surface area contributed by atoms with Crippen LogP contribution in [0.5, 0.6) is 0 Å². The molecule has 0 atom stereocenters. The van der Waals surface area contributed by atoms with Crippen LogP contribution in [0, 0.1) is 0 Å². The molecule has 2 N–H and O–H groups in total. The Hall–Kier alpha value is -1.50. The number of nitrogens with zero attached hydrogens (tertiary/aromatic N) is 2. The molecule has 0 amide bonds. The number of aromatic nitrogens is 3. The Bertz CT molecular complexity index is 528. The lowest BCUT2D eigenvalue weighted by Gasteiger charge is -2.01. The topological polar surface area (TPSA) is 88.0 Å². The van der Waals surface area contributed by atoms with Gasteiger partial charge in [0.15, 0.2) is 5.16 Å². The first-order valence-corrected chi connectivity index (χ1v) is 6.84. The average Bonchev–Trinajstić information content (AvgIpc) is 3.09. The van der Waals surface area contributed by atoms with E-state index in [2.05, 4.69) is 10.2 Å². The summed E-state index contributed by atoms with van der Waals surface area (Å²) in [5.41, 5.74) is 0.205. The lowest BCUT2D eigenvalue weighted by molar-refractivity contribution is -0.132. The first-order valence-electron chi connectivity index (χ1n) is 5.85. The van der Waals surface area contributed by atoms with Gasteiger partial charge in [0.05, 0.1) is 0 Å². The molecule has 0 aliphatic heterocycles. The second-order valence-electron chi connectivity index (χ2n) is 4.11. The van der Waals surface area contributed by atoms with Gasteiger partial charge in [-0.2, -0.15) is 0 Å². The monoisotopic (exact) mass is 269 g/mol. The summed E-state index contributed by atoms with van der Waals surface area (Å²) in [6.07, 6.45) is 4.19. The van der Waals surface area contributed by atoms with E-state index in [0.29, 0.717) is 22.9 Å². The number of carboxylic acids is 1. The van der Waals surface area contributed by atoms with E-state index in [0.717, 1.165) is 12.8 Å². The van der Waals surface area contributed by atoms with Gasteiger partial charge in [0.1, 0.15) is 0 Å². The van der Waals surface area contributed by atoms with Crippen LogP contribution in [0.2, 0.25) is 0 Å². The van der Waals surface area contributed by atoms with E-state index < -0.39 is 5.97 Å². The number of carboxylic acid groups (broad SMARTS) is 1. The highest BCUT2D eigenvalue weighted by Gasteiger charge is 2.28. The minimum absolute atomic E-state index is 0.182. The van der Waals surface area contributed by atoms with Gasteiger partial charge >= 0.3 is 11.7 Å². The molecule has 2 rings (SSSR count). The molecule has 0 radical (unpaired) electrons. The van der Waals surface area contributed by atoms with Crippen LogP contribution in [0.15, 0.2) is 21.6 Å². The minimum Gasteiger partial charge on any atom is -0.478 e. The fourth-order valence-corrected chi connectivity index (χ4v) is 2.56. The van der Waals surface area contributed by atoms with E-state index in [-0.39, 0.29) is 11.7 Å². The van der Waals surface area contributed by atoms with Crippen LogP contribution in [-0.4, -0.2) is 31.6 Å². The lowest BCUT2D eigenvalue weighted by Crippen LogP contribution is -2.16. The number of rotatable bonds is 6. The van der Waals surface area contributed by atoms with E-state index in [1.807, 2.05) is 0 Å². The maximum absolute atomic E-state index is 11.5. The molecule has 1 fully saturated rings. The van der Waals surface area contributed by atoms with Crippen molar-refractivity contribution in [2.24, 2.45) is 0 Å². The number of nitrogens with one attached hydrogen (secondary N) is 1. The Kier molecular flexibility index (Phi) is 3.90. The molecule has 0 bridgehead atoms. The van der Waals surface area contributed by atoms with Crippen LogP contribution in [0.3, 0.4) is 0 Å². The van der Waals surface area contributed by atoms with Crippen LogP contribution in [0.25, 0.3) is 0 Å². The molecule has 0 aromatic carbocycles. The van der Waals surface area contributed by atoms with Crippen LogP contribution < -0.4 is 5.69 Å². The zero-order valence-corrected chi connectivity index (χ0v) is 10.9. The third kappa shape index (κ3) is 2.84. The van der Waals surface area contributed by atoms with Crippen molar-refractivity contribution < 1.29 is 9.90 Å². The Morgan fingerprint density at radius 3 is 2.94 bits per heavy atom. The Balaban J connectivity index is 2.02. The summed E-state index contributed by atoms with van der Waals surface area (Å²) in [5, 5.41) is 15.9. The molecule has 1 heterocycles. The highest BCUT2D eigenvalue weighted by molar-refractivity contribution is 7.99. The zero-order valence-electron chi connectivity index (χ0n) is 10.0. The lowest BCUT2D eigenvalue weighted by atomic mass is 10.2. The van der Waals surface area contributed by atoms with Crippen molar-refractivity contribution in [1.82, 2.24) is 14.8 Å². The summed E-state index contributed by atoms with van der Waals surface area (Å²) in [7, 11) is 0. The van der Waals surface area contributed by atoms with Crippen molar-refractivity contribution >= 4 is 17.7 Å². The third-order valence-electron chi connectivity index (χ3n) is 2.78. The smallest absolute Gasteiger partial charge is 0.344 e. The number of aliphatic carboxylic acids is 1. The fourth-order valence-electron chi connectivity index (χ4n) is 1.65. The molecular formula is C11H15N3O3S. The first-order chi connectivity index (χ1) is 8.63. The van der Waals surface area contributed by atoms with E-state index in [9.17, 15) is 9.59 Å². The third-order valence-corrected chi connectivity index (χ3v) is 3.66. The molecule has 7 heteroatoms. The van der Waals surface area contributed by atoms with Gasteiger partial charge in [-0.25, -0.2) is 14.7 Å². The predicted molar refractivity (Wildman–Crippen MR) is 67.9 cm³/mol.